The Hall–Kier alpha value is -2.53. The summed E-state index contributed by atoms with van der Waals surface area (Å²) in [6, 6.07) is 13.5. The van der Waals surface area contributed by atoms with E-state index in [2.05, 4.69) is 4.98 Å². The predicted octanol–water partition coefficient (Wildman–Crippen LogP) is 3.78. The van der Waals surface area contributed by atoms with Crippen molar-refractivity contribution in [2.75, 3.05) is 0 Å². The SMILES string of the molecule is O=C(CCCCCCC(=O)c1ccc(-c2ccccc2)nc1)NO. The molecule has 24 heavy (non-hydrogen) atoms. The number of carbonyl (C=O) groups excluding carboxylic acids is 2. The van der Waals surface area contributed by atoms with Gasteiger partial charge in [0.05, 0.1) is 5.69 Å². The summed E-state index contributed by atoms with van der Waals surface area (Å²) >= 11 is 0. The topological polar surface area (TPSA) is 79.3 Å². The number of ketones is 1. The summed E-state index contributed by atoms with van der Waals surface area (Å²) in [6.07, 6.45) is 5.70. The van der Waals surface area contributed by atoms with Crippen LogP contribution in [0.1, 0.15) is 48.9 Å². The van der Waals surface area contributed by atoms with Gasteiger partial charge in [0.25, 0.3) is 0 Å². The Morgan fingerprint density at radius 2 is 1.62 bits per heavy atom. The van der Waals surface area contributed by atoms with Crippen molar-refractivity contribution in [3.05, 3.63) is 54.2 Å². The lowest BCUT2D eigenvalue weighted by atomic mass is 10.0. The first-order chi connectivity index (χ1) is 11.7. The van der Waals surface area contributed by atoms with Crippen molar-refractivity contribution in [2.24, 2.45) is 0 Å². The minimum Gasteiger partial charge on any atom is -0.294 e. The number of nitrogens with zero attached hydrogens (tertiary/aromatic N) is 1. The van der Waals surface area contributed by atoms with E-state index < -0.39 is 0 Å². The smallest absolute Gasteiger partial charge is 0.243 e. The van der Waals surface area contributed by atoms with Crippen LogP contribution in [0, 0.1) is 0 Å². The van der Waals surface area contributed by atoms with Gasteiger partial charge in [-0.15, -0.1) is 0 Å². The van der Waals surface area contributed by atoms with Crippen LogP contribution in [0.4, 0.5) is 0 Å². The highest BCUT2D eigenvalue weighted by Crippen LogP contribution is 2.17. The molecule has 0 unspecified atom stereocenters. The van der Waals surface area contributed by atoms with Gasteiger partial charge in [0.15, 0.2) is 5.78 Å². The molecule has 2 N–H and O–H groups in total. The molecule has 0 fully saturated rings. The Morgan fingerprint density at radius 1 is 0.917 bits per heavy atom. The highest BCUT2D eigenvalue weighted by molar-refractivity contribution is 5.95. The summed E-state index contributed by atoms with van der Waals surface area (Å²) in [6.45, 7) is 0. The molecule has 1 aromatic heterocycles. The van der Waals surface area contributed by atoms with Gasteiger partial charge < -0.3 is 0 Å². The van der Waals surface area contributed by atoms with E-state index in [9.17, 15) is 9.59 Å². The molecule has 126 valence electrons. The number of pyridine rings is 1. The van der Waals surface area contributed by atoms with E-state index in [1.165, 1.54) is 0 Å². The number of rotatable bonds is 9. The van der Waals surface area contributed by atoms with Crippen LogP contribution in [0.3, 0.4) is 0 Å². The van der Waals surface area contributed by atoms with Crippen molar-refractivity contribution in [1.82, 2.24) is 10.5 Å². The van der Waals surface area contributed by atoms with Crippen LogP contribution in [-0.2, 0) is 4.79 Å². The monoisotopic (exact) mass is 326 g/mol. The number of benzene rings is 1. The quantitative estimate of drug-likeness (QED) is 0.318. The summed E-state index contributed by atoms with van der Waals surface area (Å²) in [7, 11) is 0. The zero-order valence-electron chi connectivity index (χ0n) is 13.6. The molecular weight excluding hydrogens is 304 g/mol. The number of unbranched alkanes of at least 4 members (excludes halogenated alkanes) is 3. The van der Waals surface area contributed by atoms with Crippen molar-refractivity contribution in [2.45, 2.75) is 38.5 Å². The fourth-order valence-corrected chi connectivity index (χ4v) is 2.46. The van der Waals surface area contributed by atoms with Gasteiger partial charge in [-0.1, -0.05) is 43.2 Å². The van der Waals surface area contributed by atoms with Crippen molar-refractivity contribution in [1.29, 1.82) is 0 Å². The van der Waals surface area contributed by atoms with Gasteiger partial charge in [-0.3, -0.25) is 19.8 Å². The van der Waals surface area contributed by atoms with Crippen molar-refractivity contribution in [3.63, 3.8) is 0 Å². The third kappa shape index (κ3) is 5.59. The van der Waals surface area contributed by atoms with Gasteiger partial charge in [-0.05, 0) is 25.0 Å². The summed E-state index contributed by atoms with van der Waals surface area (Å²) in [5.74, 6) is -0.272. The van der Waals surface area contributed by atoms with E-state index in [0.717, 1.165) is 30.5 Å². The van der Waals surface area contributed by atoms with Crippen LogP contribution in [0.15, 0.2) is 48.7 Å². The van der Waals surface area contributed by atoms with E-state index >= 15 is 0 Å². The number of nitrogens with one attached hydrogen (secondary N) is 1. The van der Waals surface area contributed by atoms with E-state index in [1.54, 1.807) is 11.7 Å². The van der Waals surface area contributed by atoms with Crippen molar-refractivity contribution < 1.29 is 14.8 Å². The molecule has 0 atom stereocenters. The molecule has 0 spiro atoms. The van der Waals surface area contributed by atoms with Crippen molar-refractivity contribution >= 4 is 11.7 Å². The molecule has 0 aliphatic heterocycles. The largest absolute Gasteiger partial charge is 0.294 e. The second kappa shape index (κ2) is 9.57. The number of Topliss-reactive ketones (excluding diaryl/α,β-unsaturated/α-hetero) is 1. The van der Waals surface area contributed by atoms with Gasteiger partial charge in [0, 0.05) is 30.2 Å². The van der Waals surface area contributed by atoms with Crippen LogP contribution >= 0.6 is 0 Å². The van der Waals surface area contributed by atoms with Crippen LogP contribution in [0.5, 0.6) is 0 Å². The molecule has 5 nitrogen and oxygen atoms in total. The number of amides is 1. The molecule has 5 heteroatoms. The molecule has 0 bridgehead atoms. The zero-order valence-corrected chi connectivity index (χ0v) is 13.6. The Balaban J connectivity index is 1.74. The lowest BCUT2D eigenvalue weighted by Gasteiger charge is -2.04. The molecule has 0 aliphatic carbocycles. The van der Waals surface area contributed by atoms with Gasteiger partial charge >= 0.3 is 0 Å². The van der Waals surface area contributed by atoms with Gasteiger partial charge in [-0.2, -0.15) is 0 Å². The highest BCUT2D eigenvalue weighted by Gasteiger charge is 2.07. The Kier molecular flexibility index (Phi) is 7.11. The standard InChI is InChI=1S/C19H22N2O3/c22-18(10-6-1-2-7-11-19(23)21-24)16-12-13-17(20-14-16)15-8-4-3-5-9-15/h3-5,8-9,12-14,24H,1-2,6-7,10-11H2,(H,21,23). The predicted molar refractivity (Wildman–Crippen MR) is 91.6 cm³/mol. The molecule has 2 aromatic rings. The average molecular weight is 326 g/mol. The molecule has 0 aliphatic rings. The summed E-state index contributed by atoms with van der Waals surface area (Å²) < 4.78 is 0. The maximum atomic E-state index is 12.1. The first kappa shape index (κ1) is 17.8. The van der Waals surface area contributed by atoms with Gasteiger partial charge in [-0.25, -0.2) is 5.48 Å². The minimum absolute atomic E-state index is 0.0928. The summed E-state index contributed by atoms with van der Waals surface area (Å²) in [5.41, 5.74) is 4.13. The normalized spacial score (nSPS) is 10.4. The number of aromatic nitrogens is 1. The van der Waals surface area contributed by atoms with Crippen LogP contribution in [-0.4, -0.2) is 21.9 Å². The maximum Gasteiger partial charge on any atom is 0.243 e. The van der Waals surface area contributed by atoms with E-state index in [1.807, 2.05) is 42.5 Å². The van der Waals surface area contributed by atoms with Gasteiger partial charge in [0.1, 0.15) is 0 Å². The fraction of sp³-hybridized carbons (Fsp3) is 0.316. The molecule has 1 amide bonds. The summed E-state index contributed by atoms with van der Waals surface area (Å²) in [4.78, 5) is 27.4. The molecule has 1 heterocycles. The average Bonchev–Trinajstić information content (AvgIpc) is 2.65. The number of hydroxylamine groups is 1. The van der Waals surface area contributed by atoms with E-state index in [-0.39, 0.29) is 11.7 Å². The van der Waals surface area contributed by atoms with Crippen LogP contribution < -0.4 is 5.48 Å². The van der Waals surface area contributed by atoms with Crippen LogP contribution in [0.2, 0.25) is 0 Å². The zero-order chi connectivity index (χ0) is 17.2. The lowest BCUT2D eigenvalue weighted by Crippen LogP contribution is -2.17. The Morgan fingerprint density at radius 3 is 2.25 bits per heavy atom. The van der Waals surface area contributed by atoms with Gasteiger partial charge in [0.2, 0.25) is 5.91 Å². The Labute approximate surface area is 141 Å². The van der Waals surface area contributed by atoms with Crippen molar-refractivity contribution in [3.8, 4) is 11.3 Å². The lowest BCUT2D eigenvalue weighted by molar-refractivity contribution is -0.129. The Bertz CT molecular complexity index is 654. The summed E-state index contributed by atoms with van der Waals surface area (Å²) in [5, 5.41) is 8.38. The number of hydrogen-bond acceptors (Lipinski definition) is 4. The molecule has 0 saturated carbocycles. The number of hydrogen-bond donors (Lipinski definition) is 2. The minimum atomic E-state index is -0.365. The molecule has 0 radical (unpaired) electrons. The first-order valence-electron chi connectivity index (χ1n) is 8.18. The molecular formula is C19H22N2O3. The number of carbonyl (C=O) groups is 2. The molecule has 0 saturated heterocycles. The second-order valence-corrected chi connectivity index (χ2v) is 5.67. The highest BCUT2D eigenvalue weighted by atomic mass is 16.5. The maximum absolute atomic E-state index is 12.1. The van der Waals surface area contributed by atoms with E-state index in [0.29, 0.717) is 24.8 Å². The first-order valence-corrected chi connectivity index (χ1v) is 8.18. The van der Waals surface area contributed by atoms with Crippen LogP contribution in [0.25, 0.3) is 11.3 Å². The third-order valence-electron chi connectivity index (χ3n) is 3.84. The third-order valence-corrected chi connectivity index (χ3v) is 3.84. The van der Waals surface area contributed by atoms with E-state index in [4.69, 9.17) is 5.21 Å². The fourth-order valence-electron chi connectivity index (χ4n) is 2.46. The molecule has 1 aromatic carbocycles. The molecule has 2 rings (SSSR count). The second-order valence-electron chi connectivity index (χ2n) is 5.67.